The molecule has 0 heterocycles. The summed E-state index contributed by atoms with van der Waals surface area (Å²) >= 11 is 0. The summed E-state index contributed by atoms with van der Waals surface area (Å²) in [5.74, 6) is -1.61. The number of allylic oxidation sites excluding steroid dienone is 2. The van der Waals surface area contributed by atoms with E-state index in [1.807, 2.05) is 19.6 Å². The Morgan fingerprint density at radius 3 is 0.938 bits per heavy atom. The minimum absolute atomic E-state index is 0.139. The van der Waals surface area contributed by atoms with Crippen LogP contribution in [0.25, 0.3) is 0 Å². The first kappa shape index (κ1) is 69.9. The highest BCUT2D eigenvalue weighted by Crippen LogP contribution is 2.46. The van der Waals surface area contributed by atoms with Crippen molar-refractivity contribution in [1.82, 2.24) is 0 Å². The molecule has 0 radical (unpaired) electrons. The van der Waals surface area contributed by atoms with Crippen molar-refractivity contribution < 1.29 is 43.4 Å². The molecule has 0 saturated heterocycles. The Balaban J connectivity index is -0.000000963. The first-order valence-corrected chi connectivity index (χ1v) is 56.1. The van der Waals surface area contributed by atoms with Crippen LogP contribution in [0.4, 0.5) is 0 Å². The molecule has 2 unspecified atom stereocenters. The lowest BCUT2D eigenvalue weighted by atomic mass is 9.87. The van der Waals surface area contributed by atoms with Gasteiger partial charge < -0.3 is 33.9 Å². The van der Waals surface area contributed by atoms with Crippen LogP contribution >= 0.6 is 0 Å². The van der Waals surface area contributed by atoms with Crippen LogP contribution in [0.5, 0.6) is 0 Å². The number of carbonyl (C=O) groups excluding carboxylic acids is 2. The van der Waals surface area contributed by atoms with E-state index in [1.165, 1.54) is 12.7 Å². The van der Waals surface area contributed by atoms with Crippen molar-refractivity contribution in [3.63, 3.8) is 0 Å². The Bertz CT molecular complexity index is 1330. The minimum Gasteiger partial charge on any atom is -0.520 e. The Morgan fingerprint density at radius 1 is 0.446 bits per heavy atom. The quantitative estimate of drug-likeness (QED) is 0.0472. The van der Waals surface area contributed by atoms with E-state index in [0.29, 0.717) is 0 Å². The molecule has 0 fully saturated rings. The maximum Gasteiger partial charge on any atom is 0.318 e. The third-order valence-corrected chi connectivity index (χ3v) is 39.4. The standard InChI is InChI=1S/C21H56O4Si6.C14H34O2Si3.C10H20O4Si/c1-17-21(18-2,19-30(15,22-26(3,4)5)23-27(6,7)8)20-31(16,24-28(9,10)11)25-29(12,13)14;1-10-12-14(11-2)13-19(9,15-17(3,4)5)16-18(6,7)8;1-7(9(11)13-3)8(2)10(12)14-15(4,5)6/h17-20H2,1-16H3;12H,10-11,13H2,1-9H3;7-8H,1-6H3/b;14-12-;. The second-order valence-electron chi connectivity index (χ2n) is 25.7. The van der Waals surface area contributed by atoms with Gasteiger partial charge in [0.05, 0.1) is 18.9 Å². The van der Waals surface area contributed by atoms with Crippen molar-refractivity contribution in [1.29, 1.82) is 0 Å². The molecular weight excluding hydrogens is 981 g/mol. The van der Waals surface area contributed by atoms with Crippen molar-refractivity contribution in [2.75, 3.05) is 7.11 Å². The molecular formula is C45H110O10Si10. The van der Waals surface area contributed by atoms with Gasteiger partial charge in [0.1, 0.15) is 0 Å². The van der Waals surface area contributed by atoms with Gasteiger partial charge in [0.2, 0.25) is 8.32 Å². The largest absolute Gasteiger partial charge is 0.520 e. The summed E-state index contributed by atoms with van der Waals surface area (Å²) in [6.45, 7) is 66.4. The average Bonchev–Trinajstić information content (AvgIpc) is 3.00. The SMILES string of the molecule is CC/C=C(/CC)C[Si](C)(O[Si](C)(C)C)O[Si](C)(C)C.CCC(CC)(C[Si](C)(O[Si](C)(C)C)O[Si](C)(C)C)C[Si](C)(O[Si](C)(C)C)O[Si](C)(C)C.COC(=O)C(C)C(C)C(=O)O[Si](C)(C)C. The molecule has 0 aromatic rings. The van der Waals surface area contributed by atoms with Gasteiger partial charge in [-0.05, 0) is 187 Å². The molecule has 390 valence electrons. The fourth-order valence-corrected chi connectivity index (χ4v) is 49.1. The zero-order chi connectivity index (χ0) is 52.7. The lowest BCUT2D eigenvalue weighted by molar-refractivity contribution is -0.153. The van der Waals surface area contributed by atoms with Gasteiger partial charge in [0, 0.05) is 6.04 Å². The second kappa shape index (κ2) is 27.4. The predicted octanol–water partition coefficient (Wildman–Crippen LogP) is 15.7. The normalized spacial score (nSPS) is 15.3. The molecule has 0 rings (SSSR count). The van der Waals surface area contributed by atoms with Crippen molar-refractivity contribution >= 4 is 95.8 Å². The zero-order valence-electron chi connectivity index (χ0n) is 48.8. The Hall–Kier alpha value is 0.609. The number of ether oxygens (including phenoxy) is 1. The molecule has 10 nitrogen and oxygen atoms in total. The maximum absolute atomic E-state index is 11.6. The smallest absolute Gasteiger partial charge is 0.318 e. The molecule has 0 bridgehead atoms. The van der Waals surface area contributed by atoms with Gasteiger partial charge in [-0.25, -0.2) is 0 Å². The highest BCUT2D eigenvalue weighted by atomic mass is 28.5. The third kappa shape index (κ3) is 36.2. The Labute approximate surface area is 415 Å². The first-order chi connectivity index (χ1) is 28.5. The molecule has 0 aliphatic rings. The van der Waals surface area contributed by atoms with Crippen LogP contribution in [-0.2, 0) is 43.4 Å². The van der Waals surface area contributed by atoms with E-state index in [1.54, 1.807) is 13.8 Å². The van der Waals surface area contributed by atoms with Crippen LogP contribution in [0.3, 0.4) is 0 Å². The second-order valence-corrected chi connectivity index (χ2v) is 68.2. The van der Waals surface area contributed by atoms with Crippen molar-refractivity contribution in [2.45, 2.75) is 242 Å². The Kier molecular flexibility index (Phi) is 29.5. The number of hydrogen-bond donors (Lipinski definition) is 0. The van der Waals surface area contributed by atoms with Crippen LogP contribution in [0.15, 0.2) is 11.6 Å². The molecule has 0 saturated carbocycles. The molecule has 0 amide bonds. The van der Waals surface area contributed by atoms with E-state index in [0.717, 1.165) is 43.8 Å². The van der Waals surface area contributed by atoms with Crippen molar-refractivity contribution in [2.24, 2.45) is 17.3 Å². The summed E-state index contributed by atoms with van der Waals surface area (Å²) in [4.78, 5) is 22.8. The third-order valence-electron chi connectivity index (χ3n) is 9.62. The van der Waals surface area contributed by atoms with E-state index in [-0.39, 0.29) is 17.4 Å². The molecule has 0 N–H and O–H groups in total. The fraction of sp³-hybridized carbons (Fsp3) is 0.911. The molecule has 0 aliphatic carbocycles. The van der Waals surface area contributed by atoms with Crippen LogP contribution in [0, 0.1) is 17.3 Å². The van der Waals surface area contributed by atoms with Gasteiger partial charge in [-0.2, -0.15) is 0 Å². The number of rotatable bonds is 26. The van der Waals surface area contributed by atoms with Crippen LogP contribution in [0.1, 0.15) is 67.2 Å². The number of carbonyl (C=O) groups is 2. The summed E-state index contributed by atoms with van der Waals surface area (Å²) < 4.78 is 50.6. The van der Waals surface area contributed by atoms with Crippen LogP contribution < -0.4 is 0 Å². The summed E-state index contributed by atoms with van der Waals surface area (Å²) in [6, 6.07) is 3.11. The highest BCUT2D eigenvalue weighted by Gasteiger charge is 2.52. The van der Waals surface area contributed by atoms with Gasteiger partial charge >= 0.3 is 31.7 Å². The summed E-state index contributed by atoms with van der Waals surface area (Å²) in [5.41, 5.74) is 1.65. The minimum atomic E-state index is -2.36. The van der Waals surface area contributed by atoms with Gasteiger partial charge in [-0.15, -0.1) is 0 Å². The predicted molar refractivity (Wildman–Crippen MR) is 307 cm³/mol. The fourth-order valence-electron chi connectivity index (χ4n) is 8.37. The van der Waals surface area contributed by atoms with E-state index >= 15 is 0 Å². The highest BCUT2D eigenvalue weighted by molar-refractivity contribution is 6.90. The molecule has 2 atom stereocenters. The average molecular weight is 1090 g/mol. The molecule has 65 heavy (non-hydrogen) atoms. The van der Waals surface area contributed by atoms with E-state index in [2.05, 4.69) is 176 Å². The van der Waals surface area contributed by atoms with Crippen molar-refractivity contribution in [3.8, 4) is 0 Å². The monoisotopic (exact) mass is 1090 g/mol. The lowest BCUT2D eigenvalue weighted by Crippen LogP contribution is -2.58. The zero-order valence-corrected chi connectivity index (χ0v) is 58.8. The lowest BCUT2D eigenvalue weighted by Gasteiger charge is -2.48. The molecule has 0 aromatic carbocycles. The maximum atomic E-state index is 11.6. The van der Waals surface area contributed by atoms with E-state index in [4.69, 9.17) is 29.1 Å². The summed E-state index contributed by atoms with van der Waals surface area (Å²) in [7, 11) is -17.4. The number of esters is 1. The Morgan fingerprint density at radius 2 is 0.723 bits per heavy atom. The molecule has 0 spiro atoms. The number of methoxy groups -OCH3 is 1. The molecule has 20 heteroatoms. The van der Waals surface area contributed by atoms with Gasteiger partial charge in [0.15, 0.2) is 49.9 Å². The van der Waals surface area contributed by atoms with Gasteiger partial charge in [0.25, 0.3) is 5.97 Å². The van der Waals surface area contributed by atoms with Crippen molar-refractivity contribution in [3.05, 3.63) is 11.6 Å². The van der Waals surface area contributed by atoms with Crippen LogP contribution in [0.2, 0.25) is 175 Å². The van der Waals surface area contributed by atoms with Crippen LogP contribution in [-0.4, -0.2) is 103 Å². The van der Waals surface area contributed by atoms with E-state index in [9.17, 15) is 9.59 Å². The van der Waals surface area contributed by atoms with E-state index < -0.39 is 95.7 Å². The van der Waals surface area contributed by atoms with Gasteiger partial charge in [-0.1, -0.05) is 66.0 Å². The van der Waals surface area contributed by atoms with Gasteiger partial charge in [-0.3, -0.25) is 9.59 Å². The first-order valence-electron chi connectivity index (χ1n) is 24.7. The topological polar surface area (TPSA) is 108 Å². The number of hydrogen-bond acceptors (Lipinski definition) is 10. The molecule has 0 aromatic heterocycles. The summed E-state index contributed by atoms with van der Waals surface area (Å²) in [6.07, 6.45) is 6.80. The molecule has 0 aliphatic heterocycles. The summed E-state index contributed by atoms with van der Waals surface area (Å²) in [5, 5.41) is 0.